The summed E-state index contributed by atoms with van der Waals surface area (Å²) in [5, 5.41) is 2.89. The standard InChI is InChI=1S/C22H27N3O5S/c1-3-24-9-8-16-4-6-18(15-19(16)24)23-22(26)17-5-7-20(29-2)21(14-17)31(27,28)25-10-12-30-13-11-25/h4-7,14-15H,3,8-13H2,1-2H3,(H,23,26). The number of amides is 1. The zero-order chi connectivity index (χ0) is 22.0. The van der Waals surface area contributed by atoms with E-state index >= 15 is 0 Å². The van der Waals surface area contributed by atoms with E-state index in [4.69, 9.17) is 9.47 Å². The number of ether oxygens (including phenoxy) is 2. The Balaban J connectivity index is 1.60. The zero-order valence-electron chi connectivity index (χ0n) is 17.8. The minimum atomic E-state index is -3.81. The van der Waals surface area contributed by atoms with Gasteiger partial charge in [0.25, 0.3) is 5.91 Å². The van der Waals surface area contributed by atoms with Crippen LogP contribution >= 0.6 is 0 Å². The first-order chi connectivity index (χ1) is 14.9. The van der Waals surface area contributed by atoms with Crippen LogP contribution in [0.4, 0.5) is 11.4 Å². The van der Waals surface area contributed by atoms with Crippen LogP contribution in [-0.4, -0.2) is 65.1 Å². The van der Waals surface area contributed by atoms with Gasteiger partial charge in [-0.2, -0.15) is 4.31 Å². The monoisotopic (exact) mass is 445 g/mol. The molecule has 1 N–H and O–H groups in total. The molecule has 0 unspecified atom stereocenters. The van der Waals surface area contributed by atoms with Gasteiger partial charge in [0.05, 0.1) is 20.3 Å². The van der Waals surface area contributed by atoms with E-state index in [-0.39, 0.29) is 35.2 Å². The highest BCUT2D eigenvalue weighted by Crippen LogP contribution is 2.32. The molecule has 0 spiro atoms. The van der Waals surface area contributed by atoms with Crippen LogP contribution in [0.1, 0.15) is 22.8 Å². The van der Waals surface area contributed by atoms with Gasteiger partial charge in [-0.3, -0.25) is 4.79 Å². The maximum Gasteiger partial charge on any atom is 0.255 e. The van der Waals surface area contributed by atoms with Crippen LogP contribution in [0.3, 0.4) is 0 Å². The molecule has 0 radical (unpaired) electrons. The summed E-state index contributed by atoms with van der Waals surface area (Å²) in [6.45, 7) is 5.21. The van der Waals surface area contributed by atoms with E-state index in [1.54, 1.807) is 6.07 Å². The second-order valence-corrected chi connectivity index (χ2v) is 9.42. The van der Waals surface area contributed by atoms with Crippen molar-refractivity contribution >= 4 is 27.3 Å². The van der Waals surface area contributed by atoms with Crippen molar-refractivity contribution in [1.29, 1.82) is 0 Å². The lowest BCUT2D eigenvalue weighted by Crippen LogP contribution is -2.40. The highest BCUT2D eigenvalue weighted by atomic mass is 32.2. The Morgan fingerprint density at radius 1 is 1.13 bits per heavy atom. The minimum Gasteiger partial charge on any atom is -0.495 e. The molecule has 8 nitrogen and oxygen atoms in total. The van der Waals surface area contributed by atoms with Crippen LogP contribution in [0.15, 0.2) is 41.3 Å². The number of nitrogens with zero attached hydrogens (tertiary/aromatic N) is 2. The topological polar surface area (TPSA) is 88.2 Å². The number of hydrogen-bond acceptors (Lipinski definition) is 6. The molecule has 4 rings (SSSR count). The lowest BCUT2D eigenvalue weighted by atomic mass is 10.1. The summed E-state index contributed by atoms with van der Waals surface area (Å²) in [5.41, 5.74) is 3.33. The average molecular weight is 446 g/mol. The van der Waals surface area contributed by atoms with Gasteiger partial charge in [-0.15, -0.1) is 0 Å². The number of carbonyl (C=O) groups excluding carboxylic acids is 1. The molecule has 9 heteroatoms. The maximum absolute atomic E-state index is 13.2. The van der Waals surface area contributed by atoms with Crippen molar-refractivity contribution in [3.05, 3.63) is 47.5 Å². The predicted molar refractivity (Wildman–Crippen MR) is 119 cm³/mol. The molecule has 0 aliphatic carbocycles. The van der Waals surface area contributed by atoms with Crippen LogP contribution in [-0.2, 0) is 21.2 Å². The second-order valence-electron chi connectivity index (χ2n) is 7.51. The molecule has 2 aliphatic heterocycles. The Hall–Kier alpha value is -2.62. The number of likely N-dealkylation sites (N-methyl/N-ethyl adjacent to an activating group) is 1. The Kier molecular flexibility index (Phi) is 6.17. The van der Waals surface area contributed by atoms with E-state index in [0.717, 1.165) is 25.2 Å². The number of carbonyl (C=O) groups is 1. The Morgan fingerprint density at radius 2 is 1.90 bits per heavy atom. The minimum absolute atomic E-state index is 0.0179. The van der Waals surface area contributed by atoms with E-state index in [9.17, 15) is 13.2 Å². The number of rotatable bonds is 6. The van der Waals surface area contributed by atoms with E-state index < -0.39 is 10.0 Å². The molecule has 0 aromatic heterocycles. The third kappa shape index (κ3) is 4.26. The van der Waals surface area contributed by atoms with Crippen LogP contribution in [0.5, 0.6) is 5.75 Å². The number of fused-ring (bicyclic) bond motifs is 1. The second kappa shape index (κ2) is 8.86. The molecule has 1 amide bonds. The van der Waals surface area contributed by atoms with Gasteiger partial charge in [0, 0.05) is 43.1 Å². The van der Waals surface area contributed by atoms with Crippen LogP contribution < -0.4 is 15.0 Å². The molecular formula is C22H27N3O5S. The quantitative estimate of drug-likeness (QED) is 0.734. The third-order valence-electron chi connectivity index (χ3n) is 5.73. The number of sulfonamides is 1. The summed E-state index contributed by atoms with van der Waals surface area (Å²) in [4.78, 5) is 15.2. The molecule has 2 heterocycles. The number of methoxy groups -OCH3 is 1. The van der Waals surface area contributed by atoms with Crippen molar-refractivity contribution in [2.24, 2.45) is 0 Å². The Labute approximate surface area is 182 Å². The van der Waals surface area contributed by atoms with Crippen molar-refractivity contribution in [3.8, 4) is 5.75 Å². The van der Waals surface area contributed by atoms with Crippen molar-refractivity contribution in [2.45, 2.75) is 18.2 Å². The number of anilines is 2. The fraction of sp³-hybridized carbons (Fsp3) is 0.409. The molecule has 0 bridgehead atoms. The van der Waals surface area contributed by atoms with Gasteiger partial charge in [0.15, 0.2) is 0 Å². The normalized spacial score (nSPS) is 16.8. The van der Waals surface area contributed by atoms with Gasteiger partial charge < -0.3 is 19.7 Å². The average Bonchev–Trinajstić information content (AvgIpc) is 3.21. The van der Waals surface area contributed by atoms with Gasteiger partial charge in [-0.25, -0.2) is 8.42 Å². The Morgan fingerprint density at radius 3 is 2.61 bits per heavy atom. The molecule has 1 fully saturated rings. The summed E-state index contributed by atoms with van der Waals surface area (Å²) in [5.74, 6) is -0.166. The molecule has 2 aromatic carbocycles. The van der Waals surface area contributed by atoms with Crippen LogP contribution in [0.2, 0.25) is 0 Å². The van der Waals surface area contributed by atoms with Crippen molar-refractivity contribution in [3.63, 3.8) is 0 Å². The summed E-state index contributed by atoms with van der Waals surface area (Å²) in [7, 11) is -2.40. The fourth-order valence-corrected chi connectivity index (χ4v) is 5.59. The predicted octanol–water partition coefficient (Wildman–Crippen LogP) is 2.35. The SMILES string of the molecule is CCN1CCc2ccc(NC(=O)c3ccc(OC)c(S(=O)(=O)N4CCOCC4)c3)cc21. The maximum atomic E-state index is 13.2. The largest absolute Gasteiger partial charge is 0.495 e. The van der Waals surface area contributed by atoms with E-state index in [2.05, 4.69) is 17.1 Å². The van der Waals surface area contributed by atoms with Gasteiger partial charge in [-0.05, 0) is 49.2 Å². The number of benzene rings is 2. The van der Waals surface area contributed by atoms with Gasteiger partial charge in [0.2, 0.25) is 10.0 Å². The van der Waals surface area contributed by atoms with Gasteiger partial charge >= 0.3 is 0 Å². The summed E-state index contributed by atoms with van der Waals surface area (Å²) < 4.78 is 38.2. The van der Waals surface area contributed by atoms with Crippen LogP contribution in [0, 0.1) is 0 Å². The molecule has 0 saturated carbocycles. The lowest BCUT2D eigenvalue weighted by molar-refractivity contribution is 0.0729. The molecule has 1 saturated heterocycles. The number of morpholine rings is 1. The fourth-order valence-electron chi connectivity index (χ4n) is 4.00. The third-order valence-corrected chi connectivity index (χ3v) is 7.65. The van der Waals surface area contributed by atoms with Crippen molar-refractivity contribution in [1.82, 2.24) is 4.31 Å². The first kappa shape index (κ1) is 21.6. The molecule has 2 aliphatic rings. The molecule has 2 aromatic rings. The zero-order valence-corrected chi connectivity index (χ0v) is 18.6. The molecule has 31 heavy (non-hydrogen) atoms. The summed E-state index contributed by atoms with van der Waals surface area (Å²) >= 11 is 0. The first-order valence-corrected chi connectivity index (χ1v) is 11.8. The van der Waals surface area contributed by atoms with Crippen molar-refractivity contribution < 1.29 is 22.7 Å². The van der Waals surface area contributed by atoms with Crippen molar-refractivity contribution in [2.75, 3.05) is 56.7 Å². The van der Waals surface area contributed by atoms with E-state index in [1.165, 1.54) is 29.1 Å². The van der Waals surface area contributed by atoms with Gasteiger partial charge in [0.1, 0.15) is 10.6 Å². The van der Waals surface area contributed by atoms with E-state index in [0.29, 0.717) is 18.9 Å². The molecule has 166 valence electrons. The number of nitrogens with one attached hydrogen (secondary N) is 1. The van der Waals surface area contributed by atoms with Crippen LogP contribution in [0.25, 0.3) is 0 Å². The summed E-state index contributed by atoms with van der Waals surface area (Å²) in [6.07, 6.45) is 0.999. The molecular weight excluding hydrogens is 418 g/mol. The van der Waals surface area contributed by atoms with Gasteiger partial charge in [-0.1, -0.05) is 6.07 Å². The molecule has 0 atom stereocenters. The highest BCUT2D eigenvalue weighted by Gasteiger charge is 2.30. The lowest BCUT2D eigenvalue weighted by Gasteiger charge is -2.26. The first-order valence-electron chi connectivity index (χ1n) is 10.4. The highest BCUT2D eigenvalue weighted by molar-refractivity contribution is 7.89. The smallest absolute Gasteiger partial charge is 0.255 e. The Bertz CT molecular complexity index is 1080. The van der Waals surface area contributed by atoms with E-state index in [1.807, 2.05) is 18.2 Å². The number of hydrogen-bond donors (Lipinski definition) is 1. The summed E-state index contributed by atoms with van der Waals surface area (Å²) in [6, 6.07) is 10.3.